The van der Waals surface area contributed by atoms with Crippen molar-refractivity contribution >= 4 is 54.3 Å². The molecule has 0 atom stereocenters. The van der Waals surface area contributed by atoms with E-state index in [9.17, 15) is 5.48 Å². The van der Waals surface area contributed by atoms with Crippen LogP contribution in [0.2, 0.25) is 0 Å². The number of benzene rings is 10. The van der Waals surface area contributed by atoms with Crippen LogP contribution in [0.5, 0.6) is 0 Å². The molecule has 0 unspecified atom stereocenters. The van der Waals surface area contributed by atoms with Crippen molar-refractivity contribution in [3.8, 4) is 55.6 Å². The van der Waals surface area contributed by atoms with Gasteiger partial charge in [-0.05, 0) is 113 Å². The van der Waals surface area contributed by atoms with Crippen molar-refractivity contribution in [2.45, 2.75) is 0 Å². The maximum atomic E-state index is 9.57. The highest BCUT2D eigenvalue weighted by atomic mass is 16.3. The Labute approximate surface area is 330 Å². The Balaban J connectivity index is 1.36. The first kappa shape index (κ1) is 24.2. The van der Waals surface area contributed by atoms with Crippen LogP contribution in [0, 0.1) is 0 Å². The van der Waals surface area contributed by atoms with Crippen LogP contribution in [-0.2, 0) is 0 Å². The van der Waals surface area contributed by atoms with Crippen molar-refractivity contribution < 1.29 is 15.4 Å². The third-order valence-corrected chi connectivity index (χ3v) is 10.7. The second-order valence-corrected chi connectivity index (χ2v) is 13.8. The lowest BCUT2D eigenvalue weighted by Gasteiger charge is -2.20. The third kappa shape index (κ3) is 5.09. The van der Waals surface area contributed by atoms with Gasteiger partial charge in [0.25, 0.3) is 0 Å². The van der Waals surface area contributed by atoms with Crippen LogP contribution in [0.3, 0.4) is 0 Å². The van der Waals surface area contributed by atoms with Gasteiger partial charge in [0.15, 0.2) is 0 Å². The average Bonchev–Trinajstić information content (AvgIpc) is 3.71. The Kier molecular flexibility index (Phi) is 5.59. The SMILES string of the molecule is [2H]c1c([2H])c([2H])c2c(-c3cc(-c4c(-c5ccccc5)ccc5oc6ccc(-c7ccccc7)cc6c45)c4ccccc4c3)c3c([2H])c([2H])c([2H])c([2H])c3c(-c3ccccc3)c2c1[2H]. The zero-order valence-electron chi connectivity index (χ0n) is 37.4. The highest BCUT2D eigenvalue weighted by Gasteiger charge is 2.23. The molecule has 10 aromatic carbocycles. The van der Waals surface area contributed by atoms with E-state index in [1.54, 1.807) is 24.3 Å². The van der Waals surface area contributed by atoms with Gasteiger partial charge in [0.1, 0.15) is 11.2 Å². The van der Waals surface area contributed by atoms with Crippen molar-refractivity contribution in [1.82, 2.24) is 0 Å². The molecule has 0 aliphatic heterocycles. The quantitative estimate of drug-likeness (QED) is 0.162. The smallest absolute Gasteiger partial charge is 0.136 e. The molecule has 55 heavy (non-hydrogen) atoms. The molecule has 0 radical (unpaired) electrons. The van der Waals surface area contributed by atoms with Gasteiger partial charge in [-0.1, -0.05) is 176 Å². The molecule has 0 saturated heterocycles. The van der Waals surface area contributed by atoms with Gasteiger partial charge in [-0.25, -0.2) is 0 Å². The van der Waals surface area contributed by atoms with Gasteiger partial charge in [0.05, 0.1) is 11.0 Å². The summed E-state index contributed by atoms with van der Waals surface area (Å²) >= 11 is 0. The minimum atomic E-state index is -0.441. The molecule has 0 saturated carbocycles. The highest BCUT2D eigenvalue weighted by molar-refractivity contribution is 6.24. The summed E-state index contributed by atoms with van der Waals surface area (Å²) in [5, 5.41) is 4.24. The lowest BCUT2D eigenvalue weighted by molar-refractivity contribution is 0.669. The van der Waals surface area contributed by atoms with E-state index in [0.717, 1.165) is 60.5 Å². The van der Waals surface area contributed by atoms with Gasteiger partial charge >= 0.3 is 0 Å². The molecule has 1 nitrogen and oxygen atoms in total. The number of hydrogen-bond acceptors (Lipinski definition) is 1. The Bertz CT molecular complexity index is 3610. The second kappa shape index (κ2) is 12.7. The van der Waals surface area contributed by atoms with Crippen LogP contribution >= 0.6 is 0 Å². The molecule has 0 amide bonds. The van der Waals surface area contributed by atoms with E-state index < -0.39 is 24.2 Å². The Hall–Kier alpha value is -7.22. The van der Waals surface area contributed by atoms with E-state index >= 15 is 0 Å². The second-order valence-electron chi connectivity index (χ2n) is 13.8. The molecule has 0 N–H and O–H groups in total. The van der Waals surface area contributed by atoms with Crippen LogP contribution in [0.1, 0.15) is 11.0 Å². The molecule has 0 spiro atoms. The van der Waals surface area contributed by atoms with Crippen LogP contribution < -0.4 is 0 Å². The lowest BCUT2D eigenvalue weighted by atomic mass is 9.83. The van der Waals surface area contributed by atoms with Crippen molar-refractivity contribution in [1.29, 1.82) is 0 Å². The summed E-state index contributed by atoms with van der Waals surface area (Å²) in [6, 6.07) is 48.7. The van der Waals surface area contributed by atoms with Gasteiger partial charge in [-0.2, -0.15) is 0 Å². The maximum absolute atomic E-state index is 9.57. The predicted octanol–water partition coefficient (Wildman–Crippen LogP) is 15.4. The molecule has 11 aromatic rings. The fourth-order valence-corrected chi connectivity index (χ4v) is 8.29. The Morgan fingerprint density at radius 2 is 0.873 bits per heavy atom. The predicted molar refractivity (Wildman–Crippen MR) is 233 cm³/mol. The first-order valence-corrected chi connectivity index (χ1v) is 18.3. The zero-order valence-corrected chi connectivity index (χ0v) is 29.4. The van der Waals surface area contributed by atoms with E-state index in [2.05, 4.69) is 48.5 Å². The first-order chi connectivity index (χ1) is 30.6. The molecule has 11 rings (SSSR count). The molecule has 1 aromatic heterocycles. The molecule has 0 bridgehead atoms. The number of furan rings is 1. The summed E-state index contributed by atoms with van der Waals surface area (Å²) < 4.78 is 80.4. The minimum absolute atomic E-state index is 0.168. The summed E-state index contributed by atoms with van der Waals surface area (Å²) in [5.41, 5.74) is 8.82. The maximum Gasteiger partial charge on any atom is 0.136 e. The Morgan fingerprint density at radius 1 is 0.327 bits per heavy atom. The summed E-state index contributed by atoms with van der Waals surface area (Å²) in [7, 11) is 0. The molecular formula is C54H34O. The molecular weight excluding hydrogens is 665 g/mol. The number of hydrogen-bond donors (Lipinski definition) is 0. The summed E-state index contributed by atoms with van der Waals surface area (Å²) in [6.45, 7) is 0. The van der Waals surface area contributed by atoms with Gasteiger partial charge in [0, 0.05) is 16.3 Å². The van der Waals surface area contributed by atoms with E-state index in [-0.39, 0.29) is 45.7 Å². The molecule has 256 valence electrons. The average molecular weight is 707 g/mol. The van der Waals surface area contributed by atoms with Crippen LogP contribution in [0.25, 0.3) is 110 Å². The van der Waals surface area contributed by atoms with Crippen molar-refractivity contribution in [3.05, 3.63) is 206 Å². The molecule has 0 aliphatic rings. The van der Waals surface area contributed by atoms with Crippen LogP contribution in [-0.4, -0.2) is 0 Å². The van der Waals surface area contributed by atoms with Crippen LogP contribution in [0.15, 0.2) is 210 Å². The normalized spacial score (nSPS) is 13.7. The summed E-state index contributed by atoms with van der Waals surface area (Å²) in [4.78, 5) is 0. The van der Waals surface area contributed by atoms with Crippen molar-refractivity contribution in [2.24, 2.45) is 0 Å². The largest absolute Gasteiger partial charge is 0.456 e. The first-order valence-electron chi connectivity index (χ1n) is 22.3. The summed E-state index contributed by atoms with van der Waals surface area (Å²) in [5.74, 6) is 0. The minimum Gasteiger partial charge on any atom is -0.456 e. The molecule has 1 heteroatoms. The molecule has 1 heterocycles. The Morgan fingerprint density at radius 3 is 1.53 bits per heavy atom. The number of rotatable bonds is 5. The highest BCUT2D eigenvalue weighted by Crippen LogP contribution is 2.49. The van der Waals surface area contributed by atoms with Gasteiger partial charge in [0.2, 0.25) is 0 Å². The summed E-state index contributed by atoms with van der Waals surface area (Å²) in [6.07, 6.45) is 0. The van der Waals surface area contributed by atoms with E-state index in [4.69, 9.17) is 9.90 Å². The van der Waals surface area contributed by atoms with E-state index in [1.165, 1.54) is 0 Å². The van der Waals surface area contributed by atoms with Crippen molar-refractivity contribution in [3.63, 3.8) is 0 Å². The topological polar surface area (TPSA) is 13.1 Å². The lowest BCUT2D eigenvalue weighted by Crippen LogP contribution is -1.93. The monoisotopic (exact) mass is 706 g/mol. The van der Waals surface area contributed by atoms with E-state index in [1.807, 2.05) is 84.9 Å². The third-order valence-electron chi connectivity index (χ3n) is 10.7. The fraction of sp³-hybridized carbons (Fsp3) is 0. The fourth-order valence-electron chi connectivity index (χ4n) is 8.29. The zero-order chi connectivity index (χ0) is 43.3. The van der Waals surface area contributed by atoms with Crippen LogP contribution in [0.4, 0.5) is 0 Å². The van der Waals surface area contributed by atoms with E-state index in [0.29, 0.717) is 27.8 Å². The number of fused-ring (bicyclic) bond motifs is 6. The molecule has 0 fully saturated rings. The standard InChI is InChI=1S/C54H34O/c1-4-16-35(17-5-1)38-28-30-49-48(33-38)54-50(55-49)31-29-42(36-18-6-2-7-19-36)53(54)47-34-40(32-39-22-10-11-23-41(39)47)52-45-26-14-12-24-43(45)51(37-20-8-3-9-21-37)44-25-13-15-27-46(44)52/h1-34H/i12D,13D,14D,15D,24D,25D,26D,27D. The van der Waals surface area contributed by atoms with Gasteiger partial charge in [-0.3, -0.25) is 0 Å². The van der Waals surface area contributed by atoms with Crippen molar-refractivity contribution in [2.75, 3.05) is 0 Å². The molecule has 0 aliphatic carbocycles. The van der Waals surface area contributed by atoms with Gasteiger partial charge < -0.3 is 4.42 Å². The van der Waals surface area contributed by atoms with Gasteiger partial charge in [-0.15, -0.1) is 0 Å².